The molecular weight excluding hydrogens is 707 g/mol. The number of furan rings is 2. The fourth-order valence-corrected chi connectivity index (χ4v) is 10.1. The molecule has 0 saturated carbocycles. The summed E-state index contributed by atoms with van der Waals surface area (Å²) < 4.78 is 13.1. The average molecular weight is 746 g/mol. The third-order valence-electron chi connectivity index (χ3n) is 12.8. The second kappa shape index (κ2) is 12.4. The van der Waals surface area contributed by atoms with Crippen molar-refractivity contribution in [3.63, 3.8) is 0 Å². The molecule has 12 rings (SSSR count). The van der Waals surface area contributed by atoms with Crippen LogP contribution < -0.4 is 4.90 Å². The van der Waals surface area contributed by atoms with E-state index in [1.165, 1.54) is 55.6 Å². The van der Waals surface area contributed by atoms with Crippen molar-refractivity contribution in [3.05, 3.63) is 198 Å². The van der Waals surface area contributed by atoms with Gasteiger partial charge >= 0.3 is 0 Å². The Labute approximate surface area is 337 Å². The number of rotatable bonds is 5. The Kier molecular flexibility index (Phi) is 7.10. The molecule has 0 unspecified atom stereocenters. The summed E-state index contributed by atoms with van der Waals surface area (Å²) in [4.78, 5) is 2.48. The van der Waals surface area contributed by atoms with Crippen molar-refractivity contribution in [2.24, 2.45) is 0 Å². The fraction of sp³-hybridized carbons (Fsp3) is 0.0909. The van der Waals surface area contributed by atoms with Gasteiger partial charge in [-0.05, 0) is 94.3 Å². The molecule has 0 fully saturated rings. The van der Waals surface area contributed by atoms with E-state index in [9.17, 15) is 0 Å². The Bertz CT molecular complexity index is 3270. The molecule has 0 amide bonds. The number of anilines is 3. The van der Waals surface area contributed by atoms with Crippen molar-refractivity contribution in [2.45, 2.75) is 32.1 Å². The van der Waals surface area contributed by atoms with Gasteiger partial charge in [-0.15, -0.1) is 0 Å². The van der Waals surface area contributed by atoms with Crippen LogP contribution in [0.5, 0.6) is 0 Å². The molecule has 2 aromatic heterocycles. The summed E-state index contributed by atoms with van der Waals surface area (Å²) in [6, 6.07) is 63.8. The summed E-state index contributed by atoms with van der Waals surface area (Å²) in [7, 11) is 0. The lowest BCUT2D eigenvalue weighted by Gasteiger charge is -2.33. The second-order valence-corrected chi connectivity index (χ2v) is 16.3. The van der Waals surface area contributed by atoms with Gasteiger partial charge in [-0.3, -0.25) is 0 Å². The van der Waals surface area contributed by atoms with Crippen LogP contribution in [0.1, 0.15) is 36.1 Å². The first kappa shape index (κ1) is 33.1. The Morgan fingerprint density at radius 3 is 2.02 bits per heavy atom. The van der Waals surface area contributed by atoms with Crippen molar-refractivity contribution in [1.29, 1.82) is 0 Å². The summed E-state index contributed by atoms with van der Waals surface area (Å²) in [5, 5.41) is 3.47. The quantitative estimate of drug-likeness (QED) is 0.176. The van der Waals surface area contributed by atoms with Crippen LogP contribution in [0.25, 0.3) is 77.6 Å². The van der Waals surface area contributed by atoms with E-state index >= 15 is 0 Å². The first-order valence-electron chi connectivity index (χ1n) is 20.3. The molecule has 0 saturated heterocycles. The number of hydrogen-bond donors (Lipinski definition) is 0. The van der Waals surface area contributed by atoms with Gasteiger partial charge in [0.25, 0.3) is 0 Å². The van der Waals surface area contributed by atoms with E-state index in [1.807, 2.05) is 12.1 Å². The second-order valence-electron chi connectivity index (χ2n) is 16.3. The van der Waals surface area contributed by atoms with Gasteiger partial charge in [-0.2, -0.15) is 0 Å². The number of nitrogens with zero attached hydrogens (tertiary/aromatic N) is 1. The Balaban J connectivity index is 1.05. The third kappa shape index (κ3) is 4.80. The van der Waals surface area contributed by atoms with Gasteiger partial charge in [0.2, 0.25) is 0 Å². The van der Waals surface area contributed by atoms with Crippen molar-refractivity contribution in [3.8, 4) is 44.7 Å². The highest BCUT2D eigenvalue weighted by Crippen LogP contribution is 2.55. The van der Waals surface area contributed by atoms with Gasteiger partial charge in [0.1, 0.15) is 22.5 Å². The lowest BCUT2D eigenvalue weighted by molar-refractivity contribution is 0.621. The van der Waals surface area contributed by atoms with Crippen LogP contribution in [0.2, 0.25) is 0 Å². The number of fused-ring (bicyclic) bond motifs is 11. The zero-order valence-corrected chi connectivity index (χ0v) is 32.4. The average Bonchev–Trinajstić information content (AvgIpc) is 3.92. The lowest BCUT2D eigenvalue weighted by atomic mass is 9.81. The SMILES string of the molecule is CC1(C)c2ccccc2-c2cccc(N(c3ccc(-c4cccc5c4oc4ccccc45)cc3)c3ccccc3-c3ccc4oc5c(c4c3)CCc3ccccc3-5)c21. The number of hydrogen-bond acceptors (Lipinski definition) is 3. The van der Waals surface area contributed by atoms with Crippen LogP contribution in [0.3, 0.4) is 0 Å². The molecule has 3 heteroatoms. The summed E-state index contributed by atoms with van der Waals surface area (Å²) in [6.45, 7) is 4.74. The van der Waals surface area contributed by atoms with Crippen molar-refractivity contribution in [1.82, 2.24) is 0 Å². The zero-order chi connectivity index (χ0) is 38.5. The molecule has 2 heterocycles. The Morgan fingerprint density at radius 1 is 0.466 bits per heavy atom. The van der Waals surface area contributed by atoms with E-state index in [0.717, 1.165) is 74.2 Å². The van der Waals surface area contributed by atoms with Crippen molar-refractivity contribution in [2.75, 3.05) is 4.90 Å². The van der Waals surface area contributed by atoms with Crippen molar-refractivity contribution < 1.29 is 8.83 Å². The van der Waals surface area contributed by atoms with E-state index < -0.39 is 0 Å². The molecule has 10 aromatic rings. The van der Waals surface area contributed by atoms with E-state index in [-0.39, 0.29) is 5.41 Å². The molecule has 2 aliphatic carbocycles. The minimum atomic E-state index is -0.211. The van der Waals surface area contributed by atoms with E-state index in [0.29, 0.717) is 0 Å². The van der Waals surface area contributed by atoms with Crippen LogP contribution >= 0.6 is 0 Å². The number of aryl methyl sites for hydroxylation is 2. The van der Waals surface area contributed by atoms with E-state index in [1.54, 1.807) is 0 Å². The summed E-state index contributed by atoms with van der Waals surface area (Å²) in [6.07, 6.45) is 1.99. The van der Waals surface area contributed by atoms with Gasteiger partial charge in [-0.1, -0.05) is 147 Å². The lowest BCUT2D eigenvalue weighted by Crippen LogP contribution is -2.21. The Hall–Kier alpha value is -7.10. The normalized spacial score (nSPS) is 13.7. The molecule has 0 bridgehead atoms. The molecule has 58 heavy (non-hydrogen) atoms. The number of benzene rings is 8. The number of para-hydroxylation sites is 3. The van der Waals surface area contributed by atoms with Crippen molar-refractivity contribution >= 4 is 50.0 Å². The maximum Gasteiger partial charge on any atom is 0.143 e. The van der Waals surface area contributed by atoms with Gasteiger partial charge in [0, 0.05) is 49.5 Å². The summed E-state index contributed by atoms with van der Waals surface area (Å²) in [5.41, 5.74) is 19.6. The highest BCUT2D eigenvalue weighted by Gasteiger charge is 2.39. The van der Waals surface area contributed by atoms with Gasteiger partial charge in [-0.25, -0.2) is 0 Å². The molecule has 0 aliphatic heterocycles. The molecular formula is C55H39NO2. The van der Waals surface area contributed by atoms with Crippen LogP contribution in [-0.4, -0.2) is 0 Å². The highest BCUT2D eigenvalue weighted by molar-refractivity contribution is 6.09. The highest BCUT2D eigenvalue weighted by atomic mass is 16.3. The van der Waals surface area contributed by atoms with Gasteiger partial charge < -0.3 is 13.7 Å². The van der Waals surface area contributed by atoms with E-state index in [2.05, 4.69) is 183 Å². The molecule has 8 aromatic carbocycles. The van der Waals surface area contributed by atoms with Gasteiger partial charge in [0.05, 0.1) is 11.4 Å². The van der Waals surface area contributed by atoms with Crippen LogP contribution in [0, 0.1) is 0 Å². The predicted molar refractivity (Wildman–Crippen MR) is 239 cm³/mol. The van der Waals surface area contributed by atoms with Gasteiger partial charge in [0.15, 0.2) is 0 Å². The smallest absolute Gasteiger partial charge is 0.143 e. The largest absolute Gasteiger partial charge is 0.456 e. The van der Waals surface area contributed by atoms with Crippen LogP contribution in [-0.2, 0) is 18.3 Å². The van der Waals surface area contributed by atoms with Crippen LogP contribution in [0.15, 0.2) is 185 Å². The maximum absolute atomic E-state index is 6.60. The molecule has 0 radical (unpaired) electrons. The molecule has 0 N–H and O–H groups in total. The first-order valence-corrected chi connectivity index (χ1v) is 20.3. The monoisotopic (exact) mass is 745 g/mol. The summed E-state index contributed by atoms with van der Waals surface area (Å²) >= 11 is 0. The molecule has 0 spiro atoms. The summed E-state index contributed by atoms with van der Waals surface area (Å²) in [5.74, 6) is 1.02. The Morgan fingerprint density at radius 2 is 1.12 bits per heavy atom. The van der Waals surface area contributed by atoms with Crippen LogP contribution in [0.4, 0.5) is 17.1 Å². The first-order chi connectivity index (χ1) is 28.5. The zero-order valence-electron chi connectivity index (χ0n) is 32.4. The minimum absolute atomic E-state index is 0.211. The molecule has 2 aliphatic rings. The maximum atomic E-state index is 6.60. The van der Waals surface area contributed by atoms with E-state index in [4.69, 9.17) is 8.83 Å². The fourth-order valence-electron chi connectivity index (χ4n) is 10.1. The molecule has 3 nitrogen and oxygen atoms in total. The minimum Gasteiger partial charge on any atom is -0.456 e. The molecule has 0 atom stereocenters. The standard InChI is InChI=1S/C55H39NO2/c1-55(2)47-21-8-5-16-41(47)43-19-12-23-49(52(43)55)56(37-29-25-35(26-30-37)40-18-11-20-44-42-17-7-10-24-50(42)57-53(40)44)48-22-9-6-14-38(48)36-28-32-51-46(33-36)45-31-27-34-13-3-4-15-39(34)54(45)58-51/h3-26,28-30,32-33H,27,31H2,1-2H3. The topological polar surface area (TPSA) is 29.5 Å². The predicted octanol–water partition coefficient (Wildman–Crippen LogP) is 15.2. The molecule has 276 valence electrons. The third-order valence-corrected chi connectivity index (χ3v) is 12.8.